The molecule has 8 nitrogen and oxygen atoms in total. The number of fused-ring (bicyclic) bond motifs is 1. The number of aromatic nitrogens is 5. The zero-order valence-corrected chi connectivity index (χ0v) is 10.4. The summed E-state index contributed by atoms with van der Waals surface area (Å²) in [7, 11) is 0. The van der Waals surface area contributed by atoms with Gasteiger partial charge in [0.05, 0.1) is 12.4 Å². The molecule has 19 heavy (non-hydrogen) atoms. The highest BCUT2D eigenvalue weighted by Crippen LogP contribution is 2.18. The molecule has 0 spiro atoms. The zero-order valence-electron chi connectivity index (χ0n) is 10.4. The maximum atomic E-state index is 11.5. The Morgan fingerprint density at radius 3 is 3.16 bits per heavy atom. The molecule has 1 aliphatic rings. The summed E-state index contributed by atoms with van der Waals surface area (Å²) in [6, 6.07) is 0.430. The monoisotopic (exact) mass is 261 g/mol. The first-order chi connectivity index (χ1) is 9.33. The van der Waals surface area contributed by atoms with Crippen molar-refractivity contribution < 1.29 is 4.79 Å². The Kier molecular flexibility index (Phi) is 3.21. The lowest BCUT2D eigenvalue weighted by molar-refractivity contribution is -0.121. The minimum absolute atomic E-state index is 0.128. The van der Waals surface area contributed by atoms with E-state index in [4.69, 9.17) is 0 Å². The largest absolute Gasteiger partial charge is 0.369 e. The van der Waals surface area contributed by atoms with Crippen LogP contribution in [-0.2, 0) is 4.79 Å². The van der Waals surface area contributed by atoms with Crippen LogP contribution in [0.4, 0.5) is 5.82 Å². The molecule has 2 aromatic rings. The summed E-state index contributed by atoms with van der Waals surface area (Å²) in [5.41, 5.74) is 0.594. The third kappa shape index (κ3) is 2.95. The van der Waals surface area contributed by atoms with Crippen molar-refractivity contribution in [3.05, 3.63) is 12.4 Å². The molecule has 0 radical (unpaired) electrons. The van der Waals surface area contributed by atoms with E-state index in [1.54, 1.807) is 16.9 Å². The number of carbonyl (C=O) groups excluding carboxylic acids is 1. The number of rotatable bonds is 6. The predicted molar refractivity (Wildman–Crippen MR) is 67.5 cm³/mol. The van der Waals surface area contributed by atoms with Gasteiger partial charge in [-0.1, -0.05) is 0 Å². The first-order valence-electron chi connectivity index (χ1n) is 6.38. The fourth-order valence-electron chi connectivity index (χ4n) is 1.79. The van der Waals surface area contributed by atoms with E-state index in [9.17, 15) is 4.79 Å². The molecule has 100 valence electrons. The van der Waals surface area contributed by atoms with Crippen LogP contribution in [0.25, 0.3) is 5.65 Å². The second kappa shape index (κ2) is 5.17. The number of amides is 1. The second-order valence-electron chi connectivity index (χ2n) is 4.61. The van der Waals surface area contributed by atoms with Crippen molar-refractivity contribution in [1.29, 1.82) is 0 Å². The fraction of sp³-hybridized carbons (Fsp3) is 0.545. The number of anilines is 1. The summed E-state index contributed by atoms with van der Waals surface area (Å²) in [6.45, 7) is 0.679. The van der Waals surface area contributed by atoms with Crippen molar-refractivity contribution >= 4 is 17.4 Å². The minimum atomic E-state index is 0.128. The molecule has 2 aromatic heterocycles. The van der Waals surface area contributed by atoms with E-state index in [0.29, 0.717) is 24.7 Å². The van der Waals surface area contributed by atoms with Gasteiger partial charge < -0.3 is 10.6 Å². The van der Waals surface area contributed by atoms with Gasteiger partial charge in [-0.05, 0) is 29.7 Å². The molecule has 1 amide bonds. The van der Waals surface area contributed by atoms with Crippen molar-refractivity contribution in [2.24, 2.45) is 0 Å². The standard InChI is InChI=1S/C11H15N7O/c19-11(14-8-3-4-8)2-1-5-13-9-6-12-7-10-15-16-17-18(9)10/h6-8,13H,1-5H2,(H,14,19). The Morgan fingerprint density at radius 1 is 1.42 bits per heavy atom. The number of hydrogen-bond acceptors (Lipinski definition) is 6. The summed E-state index contributed by atoms with van der Waals surface area (Å²) in [5, 5.41) is 17.4. The normalized spacial score (nSPS) is 14.5. The van der Waals surface area contributed by atoms with E-state index in [0.717, 1.165) is 25.1 Å². The number of carbonyl (C=O) groups is 1. The summed E-state index contributed by atoms with van der Waals surface area (Å²) in [5.74, 6) is 0.855. The topological polar surface area (TPSA) is 97.1 Å². The highest BCUT2D eigenvalue weighted by atomic mass is 16.1. The number of tetrazole rings is 1. The van der Waals surface area contributed by atoms with Gasteiger partial charge in [0.15, 0.2) is 5.65 Å². The van der Waals surface area contributed by atoms with Crippen LogP contribution in [0.5, 0.6) is 0 Å². The van der Waals surface area contributed by atoms with Gasteiger partial charge in [-0.25, -0.2) is 0 Å². The molecular formula is C11H15N7O. The fourth-order valence-corrected chi connectivity index (χ4v) is 1.79. The SMILES string of the molecule is O=C(CCCNc1cncc2nnnn12)NC1CC1. The van der Waals surface area contributed by atoms with E-state index in [1.165, 1.54) is 0 Å². The van der Waals surface area contributed by atoms with Crippen LogP contribution in [0.2, 0.25) is 0 Å². The quantitative estimate of drug-likeness (QED) is 0.710. The van der Waals surface area contributed by atoms with Gasteiger partial charge in [0.25, 0.3) is 0 Å². The number of nitrogens with zero attached hydrogens (tertiary/aromatic N) is 5. The van der Waals surface area contributed by atoms with E-state index < -0.39 is 0 Å². The van der Waals surface area contributed by atoms with Crippen LogP contribution in [0.1, 0.15) is 25.7 Å². The Hall–Kier alpha value is -2.25. The average Bonchev–Trinajstić information content (AvgIpc) is 3.07. The third-order valence-corrected chi connectivity index (χ3v) is 2.94. The Bertz CT molecular complexity index is 577. The number of hydrogen-bond donors (Lipinski definition) is 2. The Balaban J connectivity index is 1.46. The lowest BCUT2D eigenvalue weighted by Gasteiger charge is -2.06. The molecule has 1 aliphatic carbocycles. The number of nitrogens with one attached hydrogen (secondary N) is 2. The molecule has 0 atom stereocenters. The van der Waals surface area contributed by atoms with Crippen LogP contribution in [-0.4, -0.2) is 43.5 Å². The molecule has 1 saturated carbocycles. The first-order valence-corrected chi connectivity index (χ1v) is 6.38. The van der Waals surface area contributed by atoms with Gasteiger partial charge in [-0.15, -0.1) is 5.10 Å². The maximum Gasteiger partial charge on any atom is 0.220 e. The molecule has 3 rings (SSSR count). The molecule has 1 fully saturated rings. The van der Waals surface area contributed by atoms with Crippen LogP contribution >= 0.6 is 0 Å². The third-order valence-electron chi connectivity index (χ3n) is 2.94. The summed E-state index contributed by atoms with van der Waals surface area (Å²) >= 11 is 0. The van der Waals surface area contributed by atoms with Gasteiger partial charge in [-0.2, -0.15) is 4.52 Å². The Labute approximate surface area is 109 Å². The molecule has 8 heteroatoms. The smallest absolute Gasteiger partial charge is 0.220 e. The van der Waals surface area contributed by atoms with Gasteiger partial charge in [-0.3, -0.25) is 9.78 Å². The van der Waals surface area contributed by atoms with E-state index in [-0.39, 0.29) is 5.91 Å². The van der Waals surface area contributed by atoms with Crippen molar-refractivity contribution in [2.75, 3.05) is 11.9 Å². The Morgan fingerprint density at radius 2 is 2.32 bits per heavy atom. The highest BCUT2D eigenvalue weighted by molar-refractivity contribution is 5.76. The maximum absolute atomic E-state index is 11.5. The van der Waals surface area contributed by atoms with Crippen LogP contribution < -0.4 is 10.6 Å². The molecular weight excluding hydrogens is 246 g/mol. The predicted octanol–water partition coefficient (Wildman–Crippen LogP) is -0.0100. The molecule has 2 N–H and O–H groups in total. The summed E-state index contributed by atoms with van der Waals surface area (Å²) in [6.07, 6.45) is 6.79. The van der Waals surface area contributed by atoms with Crippen LogP contribution in [0.15, 0.2) is 12.4 Å². The van der Waals surface area contributed by atoms with Crippen LogP contribution in [0.3, 0.4) is 0 Å². The molecule has 2 heterocycles. The molecule has 0 unspecified atom stereocenters. The lowest BCUT2D eigenvalue weighted by Crippen LogP contribution is -2.25. The van der Waals surface area contributed by atoms with Gasteiger partial charge in [0.1, 0.15) is 5.82 Å². The van der Waals surface area contributed by atoms with Gasteiger partial charge >= 0.3 is 0 Å². The van der Waals surface area contributed by atoms with Crippen molar-refractivity contribution in [2.45, 2.75) is 31.7 Å². The molecule has 0 saturated heterocycles. The van der Waals surface area contributed by atoms with Crippen molar-refractivity contribution in [1.82, 2.24) is 30.3 Å². The van der Waals surface area contributed by atoms with E-state index in [2.05, 4.69) is 31.1 Å². The zero-order chi connectivity index (χ0) is 13.1. The average molecular weight is 261 g/mol. The molecule has 0 bridgehead atoms. The lowest BCUT2D eigenvalue weighted by atomic mass is 10.3. The summed E-state index contributed by atoms with van der Waals surface area (Å²) < 4.78 is 1.58. The highest BCUT2D eigenvalue weighted by Gasteiger charge is 2.22. The molecule has 0 aromatic carbocycles. The van der Waals surface area contributed by atoms with E-state index in [1.807, 2.05) is 0 Å². The van der Waals surface area contributed by atoms with Gasteiger partial charge in [0.2, 0.25) is 5.91 Å². The van der Waals surface area contributed by atoms with Crippen LogP contribution in [0, 0.1) is 0 Å². The summed E-state index contributed by atoms with van der Waals surface area (Å²) in [4.78, 5) is 15.5. The van der Waals surface area contributed by atoms with Crippen molar-refractivity contribution in [3.63, 3.8) is 0 Å². The van der Waals surface area contributed by atoms with Gasteiger partial charge in [0, 0.05) is 19.0 Å². The first kappa shape index (κ1) is 11.8. The van der Waals surface area contributed by atoms with Crippen molar-refractivity contribution in [3.8, 4) is 0 Å². The minimum Gasteiger partial charge on any atom is -0.369 e. The van der Waals surface area contributed by atoms with E-state index >= 15 is 0 Å². The second-order valence-corrected chi connectivity index (χ2v) is 4.61. The molecule has 0 aliphatic heterocycles.